The minimum absolute atomic E-state index is 0.00601. The lowest BCUT2D eigenvalue weighted by atomic mass is 9.80. The van der Waals surface area contributed by atoms with Crippen molar-refractivity contribution in [3.8, 4) is 0 Å². The summed E-state index contributed by atoms with van der Waals surface area (Å²) in [5.41, 5.74) is 0.142. The first kappa shape index (κ1) is 18.0. The lowest BCUT2D eigenvalue weighted by molar-refractivity contribution is -0.0357. The van der Waals surface area contributed by atoms with Crippen molar-refractivity contribution >= 4 is 6.03 Å². The van der Waals surface area contributed by atoms with Crippen LogP contribution in [-0.2, 0) is 4.74 Å². The summed E-state index contributed by atoms with van der Waals surface area (Å²) in [5.74, 6) is 0. The fourth-order valence-electron chi connectivity index (χ4n) is 4.61. The number of carbonyl (C=O) groups excluding carboxylic acids is 1. The van der Waals surface area contributed by atoms with E-state index in [4.69, 9.17) is 4.74 Å². The molecule has 2 saturated heterocycles. The molecule has 0 bridgehead atoms. The fourth-order valence-corrected chi connectivity index (χ4v) is 4.61. The Morgan fingerprint density at radius 3 is 2.50 bits per heavy atom. The van der Waals surface area contributed by atoms with Crippen LogP contribution in [0.15, 0.2) is 0 Å². The molecule has 1 unspecified atom stereocenters. The summed E-state index contributed by atoms with van der Waals surface area (Å²) in [5, 5.41) is 6.26. The van der Waals surface area contributed by atoms with Gasteiger partial charge in [0.2, 0.25) is 0 Å². The van der Waals surface area contributed by atoms with E-state index in [0.29, 0.717) is 6.04 Å². The van der Waals surface area contributed by atoms with Crippen molar-refractivity contribution in [2.75, 3.05) is 53.0 Å². The second kappa shape index (κ2) is 8.50. The Hall–Kier alpha value is -0.850. The van der Waals surface area contributed by atoms with Crippen LogP contribution in [0.1, 0.15) is 44.9 Å². The summed E-state index contributed by atoms with van der Waals surface area (Å²) in [7, 11) is 2.15. The number of amides is 2. The highest BCUT2D eigenvalue weighted by Crippen LogP contribution is 2.33. The second-order valence-corrected chi connectivity index (χ2v) is 7.72. The van der Waals surface area contributed by atoms with Gasteiger partial charge in [0.15, 0.2) is 0 Å². The summed E-state index contributed by atoms with van der Waals surface area (Å²) in [4.78, 5) is 17.2. The SMILES string of the molecule is CN1CCCC1CNC(=O)NCC1(N2CCOCC2)CCCCC1. The van der Waals surface area contributed by atoms with Crippen molar-refractivity contribution in [3.05, 3.63) is 0 Å². The minimum Gasteiger partial charge on any atom is -0.379 e. The molecule has 6 nitrogen and oxygen atoms in total. The fraction of sp³-hybridized carbons (Fsp3) is 0.944. The van der Waals surface area contributed by atoms with E-state index in [1.165, 1.54) is 44.9 Å². The van der Waals surface area contributed by atoms with Gasteiger partial charge in [-0.25, -0.2) is 4.79 Å². The van der Waals surface area contributed by atoms with E-state index in [1.807, 2.05) is 0 Å². The van der Waals surface area contributed by atoms with Gasteiger partial charge in [-0.3, -0.25) is 4.90 Å². The summed E-state index contributed by atoms with van der Waals surface area (Å²) in [6, 6.07) is 0.493. The Labute approximate surface area is 146 Å². The normalized spacial score (nSPS) is 28.6. The highest BCUT2D eigenvalue weighted by molar-refractivity contribution is 5.74. The van der Waals surface area contributed by atoms with Crippen molar-refractivity contribution in [1.82, 2.24) is 20.4 Å². The van der Waals surface area contributed by atoms with Crippen LogP contribution in [0.25, 0.3) is 0 Å². The molecule has 3 fully saturated rings. The van der Waals surface area contributed by atoms with Crippen LogP contribution < -0.4 is 10.6 Å². The number of rotatable bonds is 5. The Morgan fingerprint density at radius 1 is 1.08 bits per heavy atom. The van der Waals surface area contributed by atoms with Crippen LogP contribution in [0.4, 0.5) is 4.79 Å². The van der Waals surface area contributed by atoms with Gasteiger partial charge < -0.3 is 20.3 Å². The maximum Gasteiger partial charge on any atom is 0.314 e. The number of nitrogens with one attached hydrogen (secondary N) is 2. The highest BCUT2D eigenvalue weighted by Gasteiger charge is 2.38. The topological polar surface area (TPSA) is 56.8 Å². The van der Waals surface area contributed by atoms with Crippen LogP contribution in [0, 0.1) is 0 Å². The van der Waals surface area contributed by atoms with Crippen LogP contribution in [-0.4, -0.2) is 80.4 Å². The molecule has 0 aromatic heterocycles. The third-order valence-corrected chi connectivity index (χ3v) is 6.21. The van der Waals surface area contributed by atoms with E-state index in [0.717, 1.165) is 45.9 Å². The molecule has 2 N–H and O–H groups in total. The molecule has 0 aromatic rings. The quantitative estimate of drug-likeness (QED) is 0.796. The van der Waals surface area contributed by atoms with Gasteiger partial charge >= 0.3 is 6.03 Å². The molecule has 0 radical (unpaired) electrons. The zero-order valence-electron chi connectivity index (χ0n) is 15.2. The van der Waals surface area contributed by atoms with Gasteiger partial charge in [-0.05, 0) is 39.3 Å². The number of urea groups is 1. The standard InChI is InChI=1S/C18H34N4O2/c1-21-9-5-6-16(21)14-19-17(23)20-15-18(7-3-2-4-8-18)22-10-12-24-13-11-22/h16H,2-15H2,1H3,(H2,19,20,23). The number of nitrogens with zero attached hydrogens (tertiary/aromatic N) is 2. The summed E-state index contributed by atoms with van der Waals surface area (Å²) < 4.78 is 5.52. The van der Waals surface area contributed by atoms with Crippen LogP contribution in [0.3, 0.4) is 0 Å². The number of likely N-dealkylation sites (N-methyl/N-ethyl adjacent to an activating group) is 1. The maximum atomic E-state index is 12.3. The molecule has 1 aliphatic carbocycles. The Balaban J connectivity index is 1.48. The summed E-state index contributed by atoms with van der Waals surface area (Å²) >= 11 is 0. The Morgan fingerprint density at radius 2 is 1.83 bits per heavy atom. The zero-order valence-corrected chi connectivity index (χ0v) is 15.2. The average molecular weight is 338 g/mol. The monoisotopic (exact) mass is 338 g/mol. The third-order valence-electron chi connectivity index (χ3n) is 6.21. The Kier molecular flexibility index (Phi) is 6.36. The number of hydrogen-bond donors (Lipinski definition) is 2. The van der Waals surface area contributed by atoms with E-state index in [9.17, 15) is 4.79 Å². The van der Waals surface area contributed by atoms with Gasteiger partial charge in [0.1, 0.15) is 0 Å². The molecule has 2 aliphatic heterocycles. The van der Waals surface area contributed by atoms with Crippen LogP contribution in [0.2, 0.25) is 0 Å². The number of morpholine rings is 1. The predicted octanol–water partition coefficient (Wildman–Crippen LogP) is 1.41. The lowest BCUT2D eigenvalue weighted by Crippen LogP contribution is -2.60. The van der Waals surface area contributed by atoms with Gasteiger partial charge in [-0.1, -0.05) is 19.3 Å². The Bertz CT molecular complexity index is 406. The van der Waals surface area contributed by atoms with Crippen LogP contribution in [0.5, 0.6) is 0 Å². The first-order valence-electron chi connectivity index (χ1n) is 9.74. The molecule has 1 atom stereocenters. The molecule has 24 heavy (non-hydrogen) atoms. The van der Waals surface area contributed by atoms with Gasteiger partial charge in [0.25, 0.3) is 0 Å². The molecule has 1 saturated carbocycles. The summed E-state index contributed by atoms with van der Waals surface area (Å²) in [6.45, 7) is 6.30. The van der Waals surface area contributed by atoms with Gasteiger partial charge in [-0.2, -0.15) is 0 Å². The van der Waals surface area contributed by atoms with Crippen molar-refractivity contribution in [2.45, 2.75) is 56.5 Å². The van der Waals surface area contributed by atoms with Gasteiger partial charge in [0.05, 0.1) is 13.2 Å². The van der Waals surface area contributed by atoms with Crippen molar-refractivity contribution in [3.63, 3.8) is 0 Å². The molecule has 0 spiro atoms. The largest absolute Gasteiger partial charge is 0.379 e. The molecule has 2 amide bonds. The predicted molar refractivity (Wildman–Crippen MR) is 95.3 cm³/mol. The lowest BCUT2D eigenvalue weighted by Gasteiger charge is -2.48. The average Bonchev–Trinajstić information content (AvgIpc) is 3.05. The maximum absolute atomic E-state index is 12.3. The number of ether oxygens (including phenoxy) is 1. The molecular weight excluding hydrogens is 304 g/mol. The molecule has 0 aromatic carbocycles. The molecule has 3 rings (SSSR count). The molecule has 2 heterocycles. The van der Waals surface area contributed by atoms with E-state index >= 15 is 0 Å². The molecule has 6 heteroatoms. The first-order valence-corrected chi connectivity index (χ1v) is 9.74. The smallest absolute Gasteiger partial charge is 0.314 e. The zero-order chi connectivity index (χ0) is 16.8. The number of hydrogen-bond acceptors (Lipinski definition) is 4. The second-order valence-electron chi connectivity index (χ2n) is 7.72. The van der Waals surface area contributed by atoms with Crippen LogP contribution >= 0.6 is 0 Å². The number of carbonyl (C=O) groups is 1. The van der Waals surface area contributed by atoms with E-state index in [1.54, 1.807) is 0 Å². The van der Waals surface area contributed by atoms with Crippen molar-refractivity contribution < 1.29 is 9.53 Å². The highest BCUT2D eigenvalue weighted by atomic mass is 16.5. The van der Waals surface area contributed by atoms with E-state index < -0.39 is 0 Å². The first-order chi connectivity index (χ1) is 11.7. The summed E-state index contributed by atoms with van der Waals surface area (Å²) in [6.07, 6.45) is 8.68. The molecule has 138 valence electrons. The van der Waals surface area contributed by atoms with Crippen molar-refractivity contribution in [1.29, 1.82) is 0 Å². The third kappa shape index (κ3) is 4.41. The van der Waals surface area contributed by atoms with Gasteiger partial charge in [0, 0.05) is 37.8 Å². The van der Waals surface area contributed by atoms with Gasteiger partial charge in [-0.15, -0.1) is 0 Å². The minimum atomic E-state index is -0.00601. The molecular formula is C18H34N4O2. The van der Waals surface area contributed by atoms with E-state index in [2.05, 4.69) is 27.5 Å². The van der Waals surface area contributed by atoms with E-state index in [-0.39, 0.29) is 11.6 Å². The number of likely N-dealkylation sites (tertiary alicyclic amines) is 1. The van der Waals surface area contributed by atoms with Crippen molar-refractivity contribution in [2.24, 2.45) is 0 Å². The molecule has 3 aliphatic rings.